The predicted molar refractivity (Wildman–Crippen MR) is 111 cm³/mol. The van der Waals surface area contributed by atoms with Gasteiger partial charge in [-0.05, 0) is 24.0 Å². The summed E-state index contributed by atoms with van der Waals surface area (Å²) in [6.45, 7) is 2.83. The van der Waals surface area contributed by atoms with Crippen molar-refractivity contribution >= 4 is 30.7 Å². The number of rotatable bonds is 6. The van der Waals surface area contributed by atoms with Crippen LogP contribution in [0.4, 0.5) is 0 Å². The number of nitrogens with two attached hydrogens (primary N) is 1. The van der Waals surface area contributed by atoms with E-state index in [-0.39, 0.29) is 36.8 Å². The standard InChI is InChI=1S/C20H25N3O.2ClH/c21-19(13-16-7-3-1-4-8-16)20(24)22-18-11-12-23(15-18)14-17-9-5-2-6-10-17;;/h1-10,18-19H,11-15,21H2,(H,22,24);2*1H. The van der Waals surface area contributed by atoms with E-state index < -0.39 is 6.04 Å². The maximum Gasteiger partial charge on any atom is 0.237 e. The average Bonchev–Trinajstić information content (AvgIpc) is 3.03. The summed E-state index contributed by atoms with van der Waals surface area (Å²) in [6.07, 6.45) is 1.56. The van der Waals surface area contributed by atoms with Crippen molar-refractivity contribution in [3.05, 3.63) is 71.8 Å². The van der Waals surface area contributed by atoms with Crippen LogP contribution in [0.15, 0.2) is 60.7 Å². The molecule has 0 aromatic heterocycles. The van der Waals surface area contributed by atoms with Crippen LogP contribution in [0.2, 0.25) is 0 Å². The van der Waals surface area contributed by atoms with Crippen LogP contribution in [0, 0.1) is 0 Å². The van der Waals surface area contributed by atoms with Crippen molar-refractivity contribution in [2.45, 2.75) is 31.5 Å². The minimum absolute atomic E-state index is 0. The third-order valence-electron chi connectivity index (χ3n) is 4.50. The molecule has 0 bridgehead atoms. The molecular weight excluding hydrogens is 369 g/mol. The van der Waals surface area contributed by atoms with Gasteiger partial charge in [-0.15, -0.1) is 24.8 Å². The molecule has 26 heavy (non-hydrogen) atoms. The van der Waals surface area contributed by atoms with Gasteiger partial charge in [0.1, 0.15) is 0 Å². The van der Waals surface area contributed by atoms with Gasteiger partial charge in [-0.1, -0.05) is 60.7 Å². The highest BCUT2D eigenvalue weighted by atomic mass is 35.5. The van der Waals surface area contributed by atoms with Gasteiger partial charge in [0.2, 0.25) is 5.91 Å². The molecule has 1 amide bonds. The van der Waals surface area contributed by atoms with Gasteiger partial charge in [-0.2, -0.15) is 0 Å². The molecule has 1 aliphatic rings. The lowest BCUT2D eigenvalue weighted by Gasteiger charge is -2.18. The topological polar surface area (TPSA) is 58.4 Å². The highest BCUT2D eigenvalue weighted by molar-refractivity contribution is 5.85. The first kappa shape index (κ1) is 22.5. The molecule has 1 fully saturated rings. The number of halogens is 2. The Kier molecular flexibility index (Phi) is 9.66. The summed E-state index contributed by atoms with van der Waals surface area (Å²) >= 11 is 0. The number of carbonyl (C=O) groups excluding carboxylic acids is 1. The van der Waals surface area contributed by atoms with Gasteiger partial charge in [0.15, 0.2) is 0 Å². The molecular formula is C20H27Cl2N3O. The first-order valence-electron chi connectivity index (χ1n) is 8.57. The molecule has 0 spiro atoms. The van der Waals surface area contributed by atoms with Gasteiger partial charge >= 0.3 is 0 Å². The Morgan fingerprint density at radius 3 is 2.23 bits per heavy atom. The van der Waals surface area contributed by atoms with E-state index in [0.29, 0.717) is 6.42 Å². The number of hydrogen-bond donors (Lipinski definition) is 2. The van der Waals surface area contributed by atoms with Crippen molar-refractivity contribution in [3.63, 3.8) is 0 Å². The summed E-state index contributed by atoms with van der Waals surface area (Å²) in [4.78, 5) is 14.7. The molecule has 3 N–H and O–H groups in total. The number of carbonyl (C=O) groups is 1. The zero-order chi connectivity index (χ0) is 16.8. The second kappa shape index (κ2) is 11.2. The van der Waals surface area contributed by atoms with Gasteiger partial charge in [-0.25, -0.2) is 0 Å². The fourth-order valence-corrected chi connectivity index (χ4v) is 3.20. The maximum absolute atomic E-state index is 12.3. The Morgan fingerprint density at radius 1 is 1.04 bits per heavy atom. The summed E-state index contributed by atoms with van der Waals surface area (Å²) in [6, 6.07) is 20.1. The van der Waals surface area contributed by atoms with Crippen molar-refractivity contribution in [3.8, 4) is 0 Å². The molecule has 4 nitrogen and oxygen atoms in total. The van der Waals surface area contributed by atoms with Crippen LogP contribution in [0.25, 0.3) is 0 Å². The Hall–Kier alpha value is -1.59. The molecule has 142 valence electrons. The van der Waals surface area contributed by atoms with Crippen LogP contribution in [0.5, 0.6) is 0 Å². The fourth-order valence-electron chi connectivity index (χ4n) is 3.20. The largest absolute Gasteiger partial charge is 0.351 e. The summed E-state index contributed by atoms with van der Waals surface area (Å²) in [5, 5.41) is 3.11. The molecule has 2 unspecified atom stereocenters. The summed E-state index contributed by atoms with van der Waals surface area (Å²) in [5.41, 5.74) is 8.47. The maximum atomic E-state index is 12.3. The molecule has 6 heteroatoms. The normalized spacial score (nSPS) is 17.7. The van der Waals surface area contributed by atoms with E-state index in [0.717, 1.165) is 31.6 Å². The Balaban J connectivity index is 0.00000169. The highest BCUT2D eigenvalue weighted by Gasteiger charge is 2.25. The molecule has 3 rings (SSSR count). The van der Waals surface area contributed by atoms with Gasteiger partial charge in [0.05, 0.1) is 6.04 Å². The zero-order valence-electron chi connectivity index (χ0n) is 14.7. The lowest BCUT2D eigenvalue weighted by molar-refractivity contribution is -0.123. The predicted octanol–water partition coefficient (Wildman–Crippen LogP) is 2.79. The third-order valence-corrected chi connectivity index (χ3v) is 4.50. The first-order valence-corrected chi connectivity index (χ1v) is 8.57. The van der Waals surface area contributed by atoms with Gasteiger partial charge in [-0.3, -0.25) is 9.69 Å². The number of likely N-dealkylation sites (tertiary alicyclic amines) is 1. The molecule has 0 radical (unpaired) electrons. The van der Waals surface area contributed by atoms with Crippen LogP contribution in [0.1, 0.15) is 17.5 Å². The molecule has 1 saturated heterocycles. The van der Waals surface area contributed by atoms with Crippen molar-refractivity contribution in [1.29, 1.82) is 0 Å². The highest BCUT2D eigenvalue weighted by Crippen LogP contribution is 2.13. The van der Waals surface area contributed by atoms with E-state index in [1.165, 1.54) is 5.56 Å². The number of amides is 1. The molecule has 0 aliphatic carbocycles. The van der Waals surface area contributed by atoms with Crippen molar-refractivity contribution < 1.29 is 4.79 Å². The molecule has 2 aromatic rings. The number of hydrogen-bond acceptors (Lipinski definition) is 3. The molecule has 2 aromatic carbocycles. The van der Waals surface area contributed by atoms with Crippen LogP contribution >= 0.6 is 24.8 Å². The summed E-state index contributed by atoms with van der Waals surface area (Å²) < 4.78 is 0. The second-order valence-electron chi connectivity index (χ2n) is 6.51. The van der Waals surface area contributed by atoms with Crippen LogP contribution in [-0.2, 0) is 17.8 Å². The SMILES string of the molecule is Cl.Cl.NC(Cc1ccccc1)C(=O)NC1CCN(Cc2ccccc2)C1. The number of nitrogens with zero attached hydrogens (tertiary/aromatic N) is 1. The second-order valence-corrected chi connectivity index (χ2v) is 6.51. The average molecular weight is 396 g/mol. The zero-order valence-corrected chi connectivity index (χ0v) is 16.3. The third kappa shape index (κ3) is 6.61. The number of benzene rings is 2. The van der Waals surface area contributed by atoms with Gasteiger partial charge < -0.3 is 11.1 Å². The number of nitrogens with one attached hydrogen (secondary N) is 1. The molecule has 2 atom stereocenters. The van der Waals surface area contributed by atoms with Crippen molar-refractivity contribution in [1.82, 2.24) is 10.2 Å². The van der Waals surface area contributed by atoms with E-state index in [9.17, 15) is 4.79 Å². The van der Waals surface area contributed by atoms with Crippen molar-refractivity contribution in [2.24, 2.45) is 5.73 Å². The van der Waals surface area contributed by atoms with E-state index in [2.05, 4.69) is 34.5 Å². The molecule has 1 heterocycles. The Bertz CT molecular complexity index is 655. The monoisotopic (exact) mass is 395 g/mol. The fraction of sp³-hybridized carbons (Fsp3) is 0.350. The lowest BCUT2D eigenvalue weighted by Crippen LogP contribution is -2.47. The van der Waals surface area contributed by atoms with E-state index in [1.54, 1.807) is 0 Å². The lowest BCUT2D eigenvalue weighted by atomic mass is 10.1. The smallest absolute Gasteiger partial charge is 0.237 e. The van der Waals surface area contributed by atoms with Crippen molar-refractivity contribution in [2.75, 3.05) is 13.1 Å². The summed E-state index contributed by atoms with van der Waals surface area (Å²) in [5.74, 6) is -0.0505. The first-order chi connectivity index (χ1) is 11.7. The van der Waals surface area contributed by atoms with E-state index in [1.807, 2.05) is 36.4 Å². The quantitative estimate of drug-likeness (QED) is 0.790. The molecule has 1 aliphatic heterocycles. The van der Waals surface area contributed by atoms with Gasteiger partial charge in [0.25, 0.3) is 0 Å². The Labute approximate surface area is 168 Å². The molecule has 0 saturated carbocycles. The van der Waals surface area contributed by atoms with Crippen LogP contribution in [0.3, 0.4) is 0 Å². The minimum Gasteiger partial charge on any atom is -0.351 e. The van der Waals surface area contributed by atoms with Crippen LogP contribution in [-0.4, -0.2) is 36.0 Å². The van der Waals surface area contributed by atoms with E-state index >= 15 is 0 Å². The summed E-state index contributed by atoms with van der Waals surface area (Å²) in [7, 11) is 0. The van der Waals surface area contributed by atoms with E-state index in [4.69, 9.17) is 5.73 Å². The van der Waals surface area contributed by atoms with Crippen LogP contribution < -0.4 is 11.1 Å². The Morgan fingerprint density at radius 2 is 1.62 bits per heavy atom. The van der Waals surface area contributed by atoms with Gasteiger partial charge in [0, 0.05) is 25.7 Å². The minimum atomic E-state index is -0.490.